The van der Waals surface area contributed by atoms with E-state index < -0.39 is 11.9 Å². The topological polar surface area (TPSA) is 91.5 Å². The van der Waals surface area contributed by atoms with Crippen LogP contribution in [0.2, 0.25) is 0 Å². The predicted octanol–water partition coefficient (Wildman–Crippen LogP) is 10.1. The molecule has 7 nitrogen and oxygen atoms in total. The Morgan fingerprint density at radius 1 is 0.511 bits per heavy atom. The first-order valence-electron chi connectivity index (χ1n) is 16.7. The maximum Gasteiger partial charge on any atom is 0.343 e. The van der Waals surface area contributed by atoms with E-state index in [2.05, 4.69) is 24.0 Å². The van der Waals surface area contributed by atoms with Gasteiger partial charge in [-0.2, -0.15) is 0 Å². The second-order valence-corrected chi connectivity index (χ2v) is 11.8. The van der Waals surface area contributed by atoms with Gasteiger partial charge in [0.1, 0.15) is 11.5 Å². The molecular formula is C40H42N2O5. The lowest BCUT2D eigenvalue weighted by Crippen LogP contribution is -2.08. The third kappa shape index (κ3) is 9.72. The molecule has 0 amide bonds. The van der Waals surface area contributed by atoms with Gasteiger partial charge in [-0.15, -0.1) is 10.2 Å². The third-order valence-electron chi connectivity index (χ3n) is 8.07. The van der Waals surface area contributed by atoms with E-state index in [0.29, 0.717) is 45.5 Å². The minimum atomic E-state index is -0.407. The average Bonchev–Trinajstić information content (AvgIpc) is 3.60. The Bertz CT molecular complexity index is 1580. The van der Waals surface area contributed by atoms with Gasteiger partial charge in [0, 0.05) is 11.1 Å². The SMILES string of the molecule is CCCCCCc1ccc(C(=O)Oc2ccc(-c3nnc(-c4ccc(OC(=O)c5ccc(CCCCCC)cc5)cc4)o3)cc2)cc1. The van der Waals surface area contributed by atoms with E-state index in [1.165, 1.54) is 49.7 Å². The maximum absolute atomic E-state index is 12.7. The molecule has 0 radical (unpaired) electrons. The standard InChI is InChI=1S/C40H42N2O5/c1-3-5-7-9-11-29-13-17-33(18-14-29)39(43)45-35-25-21-31(22-26-35)37-41-42-38(47-37)32-23-27-36(28-24-32)46-40(44)34-19-15-30(16-20-34)12-10-8-6-4-2/h13-28H,3-12H2,1-2H3. The largest absolute Gasteiger partial charge is 0.423 e. The second-order valence-electron chi connectivity index (χ2n) is 11.8. The van der Waals surface area contributed by atoms with Crippen LogP contribution in [0.25, 0.3) is 22.9 Å². The van der Waals surface area contributed by atoms with Crippen molar-refractivity contribution >= 4 is 11.9 Å². The molecule has 0 saturated heterocycles. The number of ether oxygens (including phenoxy) is 2. The van der Waals surface area contributed by atoms with Crippen molar-refractivity contribution < 1.29 is 23.5 Å². The molecule has 47 heavy (non-hydrogen) atoms. The summed E-state index contributed by atoms with van der Waals surface area (Å²) in [4.78, 5) is 25.3. The number of esters is 2. The van der Waals surface area contributed by atoms with Gasteiger partial charge in [0.25, 0.3) is 0 Å². The Morgan fingerprint density at radius 3 is 1.26 bits per heavy atom. The van der Waals surface area contributed by atoms with Crippen LogP contribution in [0.1, 0.15) is 97.1 Å². The van der Waals surface area contributed by atoms with E-state index in [4.69, 9.17) is 13.9 Å². The fraction of sp³-hybridized carbons (Fsp3) is 0.300. The number of nitrogens with zero attached hydrogens (tertiary/aromatic N) is 2. The van der Waals surface area contributed by atoms with Gasteiger partial charge in [-0.05, 0) is 110 Å². The zero-order valence-electron chi connectivity index (χ0n) is 27.2. The highest BCUT2D eigenvalue weighted by molar-refractivity contribution is 5.91. The van der Waals surface area contributed by atoms with E-state index in [1.807, 2.05) is 48.5 Å². The average molecular weight is 631 g/mol. The highest BCUT2D eigenvalue weighted by Gasteiger charge is 2.14. The number of aryl methyl sites for hydroxylation is 2. The molecule has 0 aliphatic rings. The number of hydrogen-bond acceptors (Lipinski definition) is 7. The molecule has 0 spiro atoms. The summed E-state index contributed by atoms with van der Waals surface area (Å²) >= 11 is 0. The van der Waals surface area contributed by atoms with Crippen LogP contribution in [-0.4, -0.2) is 22.1 Å². The van der Waals surface area contributed by atoms with Gasteiger partial charge in [0.2, 0.25) is 11.8 Å². The second kappa shape index (κ2) is 17.0. The fourth-order valence-electron chi connectivity index (χ4n) is 5.25. The van der Waals surface area contributed by atoms with Gasteiger partial charge in [0.15, 0.2) is 0 Å². The maximum atomic E-state index is 12.7. The van der Waals surface area contributed by atoms with Crippen LogP contribution in [0.15, 0.2) is 101 Å². The highest BCUT2D eigenvalue weighted by atomic mass is 16.5. The summed E-state index contributed by atoms with van der Waals surface area (Å²) in [6, 6.07) is 29.1. The first kappa shape index (κ1) is 33.3. The quantitative estimate of drug-likeness (QED) is 0.0608. The summed E-state index contributed by atoms with van der Waals surface area (Å²) in [6.07, 6.45) is 11.7. The van der Waals surface area contributed by atoms with Gasteiger partial charge in [-0.25, -0.2) is 9.59 Å². The Morgan fingerprint density at radius 2 is 0.894 bits per heavy atom. The predicted molar refractivity (Wildman–Crippen MR) is 184 cm³/mol. The molecule has 1 aromatic heterocycles. The molecule has 0 aliphatic heterocycles. The normalized spacial score (nSPS) is 10.9. The van der Waals surface area contributed by atoms with Crippen molar-refractivity contribution in [3.8, 4) is 34.4 Å². The first-order valence-corrected chi connectivity index (χ1v) is 16.7. The molecule has 0 atom stereocenters. The molecule has 5 rings (SSSR count). The number of hydrogen-bond donors (Lipinski definition) is 0. The van der Waals surface area contributed by atoms with Crippen LogP contribution in [0.4, 0.5) is 0 Å². The van der Waals surface area contributed by atoms with Crippen LogP contribution in [0.3, 0.4) is 0 Å². The van der Waals surface area contributed by atoms with Gasteiger partial charge >= 0.3 is 11.9 Å². The molecule has 0 N–H and O–H groups in total. The third-order valence-corrected chi connectivity index (χ3v) is 8.07. The van der Waals surface area contributed by atoms with Crippen molar-refractivity contribution in [3.05, 3.63) is 119 Å². The number of unbranched alkanes of at least 4 members (excludes halogenated alkanes) is 6. The molecular weight excluding hydrogens is 588 g/mol. The molecule has 0 bridgehead atoms. The highest BCUT2D eigenvalue weighted by Crippen LogP contribution is 2.27. The Balaban J connectivity index is 1.12. The van der Waals surface area contributed by atoms with Crippen LogP contribution in [0.5, 0.6) is 11.5 Å². The van der Waals surface area contributed by atoms with Gasteiger partial charge in [0.05, 0.1) is 11.1 Å². The number of benzene rings is 4. The molecule has 5 aromatic rings. The molecule has 242 valence electrons. The van der Waals surface area contributed by atoms with E-state index in [-0.39, 0.29) is 0 Å². The smallest absolute Gasteiger partial charge is 0.343 e. The Hall–Kier alpha value is -5.04. The molecule has 0 unspecified atom stereocenters. The summed E-state index contributed by atoms with van der Waals surface area (Å²) in [7, 11) is 0. The lowest BCUT2D eigenvalue weighted by Gasteiger charge is -2.06. The van der Waals surface area contributed by atoms with Crippen molar-refractivity contribution in [2.24, 2.45) is 0 Å². The van der Waals surface area contributed by atoms with Crippen LogP contribution >= 0.6 is 0 Å². The van der Waals surface area contributed by atoms with Gasteiger partial charge in [-0.3, -0.25) is 0 Å². The van der Waals surface area contributed by atoms with E-state index in [9.17, 15) is 9.59 Å². The number of rotatable bonds is 16. The minimum Gasteiger partial charge on any atom is -0.423 e. The van der Waals surface area contributed by atoms with Crippen LogP contribution in [0, 0.1) is 0 Å². The lowest BCUT2D eigenvalue weighted by atomic mass is 10.0. The van der Waals surface area contributed by atoms with Crippen molar-refractivity contribution in [1.82, 2.24) is 10.2 Å². The Kier molecular flexibility index (Phi) is 12.1. The van der Waals surface area contributed by atoms with Crippen LogP contribution < -0.4 is 9.47 Å². The molecule has 7 heteroatoms. The summed E-state index contributed by atoms with van der Waals surface area (Å²) in [5.41, 5.74) is 4.85. The van der Waals surface area contributed by atoms with E-state index >= 15 is 0 Å². The lowest BCUT2D eigenvalue weighted by molar-refractivity contribution is 0.0725. The molecule has 0 fully saturated rings. The fourth-order valence-corrected chi connectivity index (χ4v) is 5.25. The zero-order valence-corrected chi connectivity index (χ0v) is 27.2. The monoisotopic (exact) mass is 630 g/mol. The number of aromatic nitrogens is 2. The van der Waals surface area contributed by atoms with Crippen LogP contribution in [-0.2, 0) is 12.8 Å². The van der Waals surface area contributed by atoms with Gasteiger partial charge < -0.3 is 13.9 Å². The van der Waals surface area contributed by atoms with Crippen molar-refractivity contribution in [1.29, 1.82) is 0 Å². The summed E-state index contributed by atoms with van der Waals surface area (Å²) in [5, 5.41) is 8.35. The van der Waals surface area contributed by atoms with E-state index in [1.54, 1.807) is 48.5 Å². The van der Waals surface area contributed by atoms with Crippen molar-refractivity contribution in [3.63, 3.8) is 0 Å². The molecule has 0 saturated carbocycles. The molecule has 4 aromatic carbocycles. The van der Waals surface area contributed by atoms with Crippen molar-refractivity contribution in [2.75, 3.05) is 0 Å². The van der Waals surface area contributed by atoms with Crippen molar-refractivity contribution in [2.45, 2.75) is 78.1 Å². The molecule has 1 heterocycles. The summed E-state index contributed by atoms with van der Waals surface area (Å²) in [5.74, 6) is 0.691. The summed E-state index contributed by atoms with van der Waals surface area (Å²) < 4.78 is 17.0. The summed E-state index contributed by atoms with van der Waals surface area (Å²) in [6.45, 7) is 4.41. The minimum absolute atomic E-state index is 0.330. The van der Waals surface area contributed by atoms with E-state index in [0.717, 1.165) is 25.7 Å². The zero-order chi connectivity index (χ0) is 32.8. The number of carbonyl (C=O) groups is 2. The van der Waals surface area contributed by atoms with Gasteiger partial charge in [-0.1, -0.05) is 76.6 Å². The number of carbonyl (C=O) groups excluding carboxylic acids is 2. The Labute approximate surface area is 277 Å². The molecule has 0 aliphatic carbocycles. The first-order chi connectivity index (χ1) is 23.0.